The van der Waals surface area contributed by atoms with Crippen molar-refractivity contribution in [2.24, 2.45) is 0 Å². The molecule has 3 N–H and O–H groups in total. The van der Waals surface area contributed by atoms with Gasteiger partial charge in [0.25, 0.3) is 0 Å². The summed E-state index contributed by atoms with van der Waals surface area (Å²) in [5, 5.41) is 12.1. The van der Waals surface area contributed by atoms with Crippen molar-refractivity contribution in [3.63, 3.8) is 0 Å². The van der Waals surface area contributed by atoms with Crippen LogP contribution in [0, 0.1) is 0 Å². The molecule has 0 fully saturated rings. The van der Waals surface area contributed by atoms with Crippen LogP contribution in [-0.4, -0.2) is 44.6 Å². The van der Waals surface area contributed by atoms with E-state index in [4.69, 9.17) is 14.2 Å². The molecule has 0 heterocycles. The molecule has 2 rings (SSSR count). The first kappa shape index (κ1) is 20.1. The topological polar surface area (TPSA) is 64.5 Å². The largest absolute Gasteiger partial charge is 0.493 e. The average Bonchev–Trinajstić information content (AvgIpc) is 2.66. The zero-order valence-corrected chi connectivity index (χ0v) is 15.9. The fourth-order valence-electron chi connectivity index (χ4n) is 2.64. The fraction of sp³-hybridized carbons (Fsp3) is 0.429. The highest BCUT2D eigenvalue weighted by Gasteiger charge is 2.11. The summed E-state index contributed by atoms with van der Waals surface area (Å²) in [6, 6.07) is 15.6. The highest BCUT2D eigenvalue weighted by atomic mass is 16.5. The van der Waals surface area contributed by atoms with E-state index in [0.717, 1.165) is 29.4 Å². The molecule has 0 radical (unpaired) electrons. The van der Waals surface area contributed by atoms with Crippen molar-refractivity contribution in [1.82, 2.24) is 0 Å². The van der Waals surface area contributed by atoms with Crippen LogP contribution >= 0.6 is 0 Å². The maximum atomic E-state index is 10.1. The first-order chi connectivity index (χ1) is 12.6. The Morgan fingerprint density at radius 2 is 1.58 bits per heavy atom. The summed E-state index contributed by atoms with van der Waals surface area (Å²) in [5.74, 6) is 2.70. The lowest BCUT2D eigenvalue weighted by atomic mass is 10.0. The molecule has 0 aliphatic heterocycles. The molecular weight excluding hydrogens is 330 g/mol. The van der Waals surface area contributed by atoms with Gasteiger partial charge in [0.2, 0.25) is 0 Å². The van der Waals surface area contributed by atoms with Crippen LogP contribution < -0.4 is 19.5 Å². The number of para-hydroxylation sites is 3. The molecule has 2 aromatic rings. The van der Waals surface area contributed by atoms with Crippen LogP contribution in [0.5, 0.6) is 17.2 Å². The fourth-order valence-corrected chi connectivity index (χ4v) is 2.64. The van der Waals surface area contributed by atoms with Gasteiger partial charge in [-0.25, -0.2) is 0 Å². The minimum absolute atomic E-state index is 0.285. The van der Waals surface area contributed by atoms with Gasteiger partial charge in [0.15, 0.2) is 11.5 Å². The Morgan fingerprint density at radius 3 is 2.27 bits per heavy atom. The number of benzene rings is 2. The first-order valence-electron chi connectivity index (χ1n) is 9.09. The van der Waals surface area contributed by atoms with Crippen LogP contribution in [0.1, 0.15) is 25.3 Å². The van der Waals surface area contributed by atoms with Crippen molar-refractivity contribution in [3.05, 3.63) is 54.1 Å². The third-order valence-corrected chi connectivity index (χ3v) is 4.06. The predicted molar refractivity (Wildman–Crippen MR) is 102 cm³/mol. The molecule has 2 aromatic carbocycles. The lowest BCUT2D eigenvalue weighted by Gasteiger charge is -2.16. The lowest BCUT2D eigenvalue weighted by molar-refractivity contribution is -0.661. The molecule has 0 spiro atoms. The van der Waals surface area contributed by atoms with Gasteiger partial charge in [-0.1, -0.05) is 44.2 Å². The van der Waals surface area contributed by atoms with Crippen LogP contribution in [-0.2, 0) is 0 Å². The van der Waals surface area contributed by atoms with Gasteiger partial charge in [-0.15, -0.1) is 0 Å². The van der Waals surface area contributed by atoms with Crippen molar-refractivity contribution < 1.29 is 24.6 Å². The van der Waals surface area contributed by atoms with Gasteiger partial charge in [-0.3, -0.25) is 0 Å². The molecule has 0 aliphatic rings. The Balaban J connectivity index is 1.66. The molecule has 0 aliphatic carbocycles. The van der Waals surface area contributed by atoms with E-state index in [1.807, 2.05) is 47.8 Å². The SMILES string of the molecule is COc1ccccc1OCC[NH2+]C[C@H](O)COc1ccccc1C(C)C. The van der Waals surface area contributed by atoms with E-state index in [9.17, 15) is 5.11 Å². The number of nitrogens with two attached hydrogens (primary N) is 1. The zero-order chi connectivity index (χ0) is 18.8. The van der Waals surface area contributed by atoms with Gasteiger partial charge >= 0.3 is 0 Å². The van der Waals surface area contributed by atoms with Crippen LogP contribution in [0.15, 0.2) is 48.5 Å². The van der Waals surface area contributed by atoms with Crippen LogP contribution in [0.3, 0.4) is 0 Å². The monoisotopic (exact) mass is 360 g/mol. The van der Waals surface area contributed by atoms with Gasteiger partial charge in [0.05, 0.1) is 7.11 Å². The van der Waals surface area contributed by atoms with Crippen molar-refractivity contribution in [3.8, 4) is 17.2 Å². The number of rotatable bonds is 11. The summed E-state index contributed by atoms with van der Waals surface area (Å²) in [6.45, 7) is 6.41. The van der Waals surface area contributed by atoms with Crippen LogP contribution in [0.25, 0.3) is 0 Å². The second-order valence-corrected chi connectivity index (χ2v) is 6.47. The molecule has 26 heavy (non-hydrogen) atoms. The normalized spacial score (nSPS) is 12.0. The van der Waals surface area contributed by atoms with Crippen LogP contribution in [0.2, 0.25) is 0 Å². The van der Waals surface area contributed by atoms with E-state index in [1.165, 1.54) is 0 Å². The Labute approximate surface area is 155 Å². The minimum atomic E-state index is -0.526. The van der Waals surface area contributed by atoms with E-state index in [2.05, 4.69) is 19.9 Å². The Kier molecular flexibility index (Phi) is 8.25. The van der Waals surface area contributed by atoms with Gasteiger partial charge in [-0.05, 0) is 29.7 Å². The van der Waals surface area contributed by atoms with Gasteiger partial charge in [0, 0.05) is 0 Å². The highest BCUT2D eigenvalue weighted by Crippen LogP contribution is 2.26. The Morgan fingerprint density at radius 1 is 0.923 bits per heavy atom. The summed E-state index contributed by atoms with van der Waals surface area (Å²) in [7, 11) is 1.63. The smallest absolute Gasteiger partial charge is 0.161 e. The molecule has 5 nitrogen and oxygen atoms in total. The van der Waals surface area contributed by atoms with Crippen molar-refractivity contribution >= 4 is 0 Å². The number of ether oxygens (including phenoxy) is 3. The van der Waals surface area contributed by atoms with Crippen molar-refractivity contribution in [2.75, 3.05) is 33.4 Å². The molecule has 0 saturated heterocycles. The van der Waals surface area contributed by atoms with Gasteiger partial charge in [-0.2, -0.15) is 0 Å². The number of aliphatic hydroxyl groups is 1. The summed E-state index contributed by atoms with van der Waals surface area (Å²) in [5.41, 5.74) is 1.16. The van der Waals surface area contributed by atoms with E-state index < -0.39 is 6.10 Å². The number of aliphatic hydroxyl groups excluding tert-OH is 1. The zero-order valence-electron chi connectivity index (χ0n) is 15.9. The Hall–Kier alpha value is -2.24. The van der Waals surface area contributed by atoms with Crippen molar-refractivity contribution in [1.29, 1.82) is 0 Å². The molecule has 0 amide bonds. The Bertz CT molecular complexity index is 660. The highest BCUT2D eigenvalue weighted by molar-refractivity contribution is 5.39. The molecule has 5 heteroatoms. The number of hydrogen-bond donors (Lipinski definition) is 2. The first-order valence-corrected chi connectivity index (χ1v) is 9.09. The summed E-state index contributed by atoms with van der Waals surface area (Å²) < 4.78 is 16.8. The molecular formula is C21H30NO4+. The molecule has 1 atom stereocenters. The summed E-state index contributed by atoms with van der Waals surface area (Å²) in [4.78, 5) is 0. The number of hydrogen-bond acceptors (Lipinski definition) is 4. The predicted octanol–water partition coefficient (Wildman–Crippen LogP) is 2.20. The molecule has 0 bridgehead atoms. The third-order valence-electron chi connectivity index (χ3n) is 4.06. The van der Waals surface area contributed by atoms with E-state index in [-0.39, 0.29) is 6.61 Å². The quantitative estimate of drug-likeness (QED) is 0.603. The molecule has 0 aromatic heterocycles. The average molecular weight is 360 g/mol. The molecule has 0 unspecified atom stereocenters. The standard InChI is InChI=1S/C21H29NO4/c1-16(2)18-8-4-5-9-19(18)26-15-17(23)14-22-12-13-25-21-11-7-6-10-20(21)24-3/h4-11,16-17,22-23H,12-15H2,1-3H3/p+1/t17-/m0/s1. The third kappa shape index (κ3) is 6.24. The maximum Gasteiger partial charge on any atom is 0.161 e. The molecule has 0 saturated carbocycles. The number of quaternary nitrogens is 1. The van der Waals surface area contributed by atoms with E-state index in [1.54, 1.807) is 7.11 Å². The van der Waals surface area contributed by atoms with Gasteiger partial charge in [0.1, 0.15) is 38.2 Å². The van der Waals surface area contributed by atoms with Crippen LogP contribution in [0.4, 0.5) is 0 Å². The second kappa shape index (κ2) is 10.7. The number of methoxy groups -OCH3 is 1. The summed E-state index contributed by atoms with van der Waals surface area (Å²) >= 11 is 0. The lowest BCUT2D eigenvalue weighted by Crippen LogP contribution is -2.87. The second-order valence-electron chi connectivity index (χ2n) is 6.47. The maximum absolute atomic E-state index is 10.1. The van der Waals surface area contributed by atoms with Crippen molar-refractivity contribution in [2.45, 2.75) is 25.9 Å². The van der Waals surface area contributed by atoms with Gasteiger partial charge < -0.3 is 24.6 Å². The summed E-state index contributed by atoms with van der Waals surface area (Å²) in [6.07, 6.45) is -0.526. The van der Waals surface area contributed by atoms with E-state index in [0.29, 0.717) is 19.1 Å². The van der Waals surface area contributed by atoms with E-state index >= 15 is 0 Å². The minimum Gasteiger partial charge on any atom is -0.493 e. The molecule has 142 valence electrons.